The zero-order chi connectivity index (χ0) is 12.0. The molecule has 1 N–H and O–H groups in total. The quantitative estimate of drug-likeness (QED) is 0.752. The number of hydrogen-bond donors (Lipinski definition) is 1. The predicted molar refractivity (Wildman–Crippen MR) is 69.7 cm³/mol. The van der Waals surface area contributed by atoms with Crippen molar-refractivity contribution in [1.29, 1.82) is 0 Å². The van der Waals surface area contributed by atoms with Crippen molar-refractivity contribution in [2.45, 2.75) is 58.9 Å². The largest absolute Gasteiger partial charge is 0.385 e. The maximum atomic E-state index is 5.09. The lowest BCUT2D eigenvalue weighted by Gasteiger charge is -2.34. The van der Waals surface area contributed by atoms with Gasteiger partial charge in [0.05, 0.1) is 0 Å². The molecule has 0 saturated heterocycles. The van der Waals surface area contributed by atoms with Crippen LogP contribution < -0.4 is 5.32 Å². The third-order valence-electron chi connectivity index (χ3n) is 3.97. The summed E-state index contributed by atoms with van der Waals surface area (Å²) >= 11 is 0. The smallest absolute Gasteiger partial charge is 0.0476 e. The van der Waals surface area contributed by atoms with E-state index in [4.69, 9.17) is 4.74 Å². The molecule has 2 heteroatoms. The molecule has 1 fully saturated rings. The number of ether oxygens (including phenoxy) is 1. The van der Waals surface area contributed by atoms with Gasteiger partial charge in [-0.25, -0.2) is 0 Å². The van der Waals surface area contributed by atoms with Crippen molar-refractivity contribution >= 4 is 0 Å². The average molecular weight is 227 g/mol. The highest BCUT2D eigenvalue weighted by molar-refractivity contribution is 4.80. The first kappa shape index (κ1) is 14.0. The van der Waals surface area contributed by atoms with Crippen LogP contribution in [0.15, 0.2) is 0 Å². The summed E-state index contributed by atoms with van der Waals surface area (Å²) in [6.07, 6.45) is 6.71. The first-order chi connectivity index (χ1) is 7.53. The van der Waals surface area contributed by atoms with Gasteiger partial charge in [0.25, 0.3) is 0 Å². The van der Waals surface area contributed by atoms with Gasteiger partial charge in [-0.3, -0.25) is 0 Å². The Bertz CT molecular complexity index is 181. The van der Waals surface area contributed by atoms with Gasteiger partial charge in [-0.05, 0) is 56.9 Å². The second-order valence-electron chi connectivity index (χ2n) is 6.20. The zero-order valence-electron chi connectivity index (χ0n) is 11.5. The fourth-order valence-corrected chi connectivity index (χ4v) is 2.43. The SMILES string of the molecule is COCCC(C)NCC1CCC(C)(C)CC1. The lowest BCUT2D eigenvalue weighted by Crippen LogP contribution is -2.34. The highest BCUT2D eigenvalue weighted by Crippen LogP contribution is 2.37. The second-order valence-corrected chi connectivity index (χ2v) is 6.20. The predicted octanol–water partition coefficient (Wildman–Crippen LogP) is 3.22. The van der Waals surface area contributed by atoms with E-state index in [0.29, 0.717) is 11.5 Å². The average Bonchev–Trinajstić information content (AvgIpc) is 2.25. The third-order valence-corrected chi connectivity index (χ3v) is 3.97. The Balaban J connectivity index is 2.10. The molecule has 0 bridgehead atoms. The number of nitrogens with one attached hydrogen (secondary N) is 1. The molecule has 96 valence electrons. The minimum Gasteiger partial charge on any atom is -0.385 e. The van der Waals surface area contributed by atoms with Crippen LogP contribution in [0.1, 0.15) is 52.9 Å². The highest BCUT2D eigenvalue weighted by Gasteiger charge is 2.26. The molecule has 0 aliphatic heterocycles. The van der Waals surface area contributed by atoms with E-state index in [-0.39, 0.29) is 0 Å². The van der Waals surface area contributed by atoms with Gasteiger partial charge in [-0.15, -0.1) is 0 Å². The fourth-order valence-electron chi connectivity index (χ4n) is 2.43. The summed E-state index contributed by atoms with van der Waals surface area (Å²) in [5.74, 6) is 0.901. The summed E-state index contributed by atoms with van der Waals surface area (Å²) in [7, 11) is 1.77. The van der Waals surface area contributed by atoms with E-state index < -0.39 is 0 Å². The number of rotatable bonds is 6. The summed E-state index contributed by atoms with van der Waals surface area (Å²) in [5, 5.41) is 3.63. The molecule has 1 aliphatic carbocycles. The minimum atomic E-state index is 0.592. The number of methoxy groups -OCH3 is 1. The molecule has 1 atom stereocenters. The molecule has 0 aromatic rings. The molecule has 0 radical (unpaired) electrons. The molecule has 0 spiro atoms. The van der Waals surface area contributed by atoms with Gasteiger partial charge >= 0.3 is 0 Å². The Kier molecular flexibility index (Phi) is 5.77. The first-order valence-corrected chi connectivity index (χ1v) is 6.76. The summed E-state index contributed by atoms with van der Waals surface area (Å²) < 4.78 is 5.09. The van der Waals surface area contributed by atoms with Crippen molar-refractivity contribution in [3.8, 4) is 0 Å². The van der Waals surface area contributed by atoms with Gasteiger partial charge in [0.2, 0.25) is 0 Å². The van der Waals surface area contributed by atoms with E-state index in [2.05, 4.69) is 26.1 Å². The molecular weight excluding hydrogens is 198 g/mol. The third kappa shape index (κ3) is 5.31. The Labute approximate surface area is 101 Å². The molecule has 1 rings (SSSR count). The normalized spacial score (nSPS) is 23.2. The molecular formula is C14H29NO. The summed E-state index contributed by atoms with van der Waals surface area (Å²) in [6, 6.07) is 0.592. The van der Waals surface area contributed by atoms with E-state index in [9.17, 15) is 0 Å². The van der Waals surface area contributed by atoms with Crippen LogP contribution in [0, 0.1) is 11.3 Å². The Morgan fingerprint density at radius 3 is 2.50 bits per heavy atom. The first-order valence-electron chi connectivity index (χ1n) is 6.76. The van der Waals surface area contributed by atoms with E-state index in [0.717, 1.165) is 18.9 Å². The van der Waals surface area contributed by atoms with E-state index in [1.807, 2.05) is 0 Å². The molecule has 0 amide bonds. The minimum absolute atomic E-state index is 0.592. The molecule has 1 unspecified atom stereocenters. The summed E-state index contributed by atoms with van der Waals surface area (Å²) in [4.78, 5) is 0. The topological polar surface area (TPSA) is 21.3 Å². The molecule has 0 aromatic carbocycles. The van der Waals surface area contributed by atoms with Crippen molar-refractivity contribution < 1.29 is 4.74 Å². The van der Waals surface area contributed by atoms with Gasteiger partial charge in [0.15, 0.2) is 0 Å². The van der Waals surface area contributed by atoms with Gasteiger partial charge in [0.1, 0.15) is 0 Å². The zero-order valence-corrected chi connectivity index (χ0v) is 11.5. The maximum absolute atomic E-state index is 5.09. The van der Waals surface area contributed by atoms with Crippen LogP contribution in [-0.4, -0.2) is 26.3 Å². The van der Waals surface area contributed by atoms with Crippen molar-refractivity contribution in [3.05, 3.63) is 0 Å². The molecule has 0 heterocycles. The Morgan fingerprint density at radius 2 is 1.94 bits per heavy atom. The molecule has 0 aromatic heterocycles. The lowest BCUT2D eigenvalue weighted by molar-refractivity contribution is 0.172. The van der Waals surface area contributed by atoms with Crippen molar-refractivity contribution in [1.82, 2.24) is 5.32 Å². The monoisotopic (exact) mass is 227 g/mol. The van der Waals surface area contributed by atoms with Crippen LogP contribution in [0.3, 0.4) is 0 Å². The van der Waals surface area contributed by atoms with E-state index >= 15 is 0 Å². The Morgan fingerprint density at radius 1 is 1.31 bits per heavy atom. The Hall–Kier alpha value is -0.0800. The number of hydrogen-bond acceptors (Lipinski definition) is 2. The molecule has 1 saturated carbocycles. The van der Waals surface area contributed by atoms with Crippen LogP contribution in [0.4, 0.5) is 0 Å². The van der Waals surface area contributed by atoms with Gasteiger partial charge < -0.3 is 10.1 Å². The highest BCUT2D eigenvalue weighted by atomic mass is 16.5. The fraction of sp³-hybridized carbons (Fsp3) is 1.00. The maximum Gasteiger partial charge on any atom is 0.0476 e. The van der Waals surface area contributed by atoms with Gasteiger partial charge in [-0.2, -0.15) is 0 Å². The van der Waals surface area contributed by atoms with Gasteiger partial charge in [-0.1, -0.05) is 13.8 Å². The van der Waals surface area contributed by atoms with Crippen LogP contribution >= 0.6 is 0 Å². The van der Waals surface area contributed by atoms with Crippen molar-refractivity contribution in [2.24, 2.45) is 11.3 Å². The van der Waals surface area contributed by atoms with Crippen LogP contribution in [0.25, 0.3) is 0 Å². The van der Waals surface area contributed by atoms with E-state index in [1.165, 1.54) is 32.2 Å². The van der Waals surface area contributed by atoms with E-state index in [1.54, 1.807) is 7.11 Å². The van der Waals surface area contributed by atoms with Crippen molar-refractivity contribution in [3.63, 3.8) is 0 Å². The molecule has 1 aliphatic rings. The summed E-state index contributed by atoms with van der Waals surface area (Å²) in [5.41, 5.74) is 0.595. The van der Waals surface area contributed by atoms with Gasteiger partial charge in [0, 0.05) is 19.8 Å². The standard InChI is InChI=1S/C14H29NO/c1-12(7-10-16-4)15-11-13-5-8-14(2,3)9-6-13/h12-13,15H,5-11H2,1-4H3. The molecule has 16 heavy (non-hydrogen) atoms. The van der Waals surface area contributed by atoms with Crippen molar-refractivity contribution in [2.75, 3.05) is 20.3 Å². The molecule has 2 nitrogen and oxygen atoms in total. The lowest BCUT2D eigenvalue weighted by atomic mass is 9.73. The summed E-state index contributed by atoms with van der Waals surface area (Å²) in [6.45, 7) is 9.12. The van der Waals surface area contributed by atoms with Crippen LogP contribution in [-0.2, 0) is 4.74 Å². The second kappa shape index (κ2) is 6.61. The van der Waals surface area contributed by atoms with Crippen LogP contribution in [0.5, 0.6) is 0 Å². The van der Waals surface area contributed by atoms with Crippen LogP contribution in [0.2, 0.25) is 0 Å².